The Hall–Kier alpha value is -3.04. The summed E-state index contributed by atoms with van der Waals surface area (Å²) in [6, 6.07) is 16.6. The highest BCUT2D eigenvalue weighted by molar-refractivity contribution is 5.87. The van der Waals surface area contributed by atoms with Crippen molar-refractivity contribution in [3.8, 4) is 0 Å². The predicted octanol–water partition coefficient (Wildman–Crippen LogP) is 4.10. The topological polar surface area (TPSA) is 156 Å². The summed E-state index contributed by atoms with van der Waals surface area (Å²) < 4.78 is 0. The third-order valence-corrected chi connectivity index (χ3v) is 5.07. The largest absolute Gasteiger partial charge is 0.478 e. The van der Waals surface area contributed by atoms with Crippen LogP contribution in [0, 0.1) is 11.8 Å². The second kappa shape index (κ2) is 22.4. The first-order valence-electron chi connectivity index (χ1n) is 11.8. The molecule has 8 nitrogen and oxygen atoms in total. The number of hydrogen-bond acceptors (Lipinski definition) is 6. The van der Waals surface area contributed by atoms with Gasteiger partial charge in [0.1, 0.15) is 0 Å². The minimum Gasteiger partial charge on any atom is -0.478 e. The quantitative estimate of drug-likeness (QED) is 0.263. The average molecular weight is 507 g/mol. The van der Waals surface area contributed by atoms with Crippen LogP contribution in [0.1, 0.15) is 60.7 Å². The molecule has 36 heavy (non-hydrogen) atoms. The van der Waals surface area contributed by atoms with E-state index in [1.54, 1.807) is 66.7 Å². The third-order valence-electron chi connectivity index (χ3n) is 5.07. The van der Waals surface area contributed by atoms with Crippen LogP contribution >= 0.6 is 0 Å². The maximum atomic E-state index is 10.2. The van der Waals surface area contributed by atoms with Crippen LogP contribution in [0.5, 0.6) is 0 Å². The van der Waals surface area contributed by atoms with Gasteiger partial charge in [-0.3, -0.25) is 0 Å². The number of carboxylic acids is 2. The van der Waals surface area contributed by atoms with Crippen LogP contribution in [0.25, 0.3) is 0 Å². The molecule has 0 aliphatic heterocycles. The van der Waals surface area contributed by atoms with Gasteiger partial charge in [-0.05, 0) is 43.5 Å². The van der Waals surface area contributed by atoms with Crippen molar-refractivity contribution in [1.29, 1.82) is 0 Å². The van der Waals surface area contributed by atoms with Crippen molar-refractivity contribution >= 4 is 11.9 Å². The molecule has 0 heterocycles. The van der Waals surface area contributed by atoms with Gasteiger partial charge in [-0.2, -0.15) is 0 Å². The number of carbonyl (C=O) groups is 2. The van der Waals surface area contributed by atoms with Gasteiger partial charge in [-0.1, -0.05) is 63.2 Å². The summed E-state index contributed by atoms with van der Waals surface area (Å²) in [7, 11) is 0. The van der Waals surface area contributed by atoms with Crippen molar-refractivity contribution < 1.29 is 40.2 Å². The summed E-state index contributed by atoms with van der Waals surface area (Å²) in [6.07, 6.45) is 3.11. The fraction of sp³-hybridized carbons (Fsp3) is 0.429. The number of benzene rings is 2. The van der Waals surface area contributed by atoms with E-state index in [4.69, 9.17) is 25.5 Å². The lowest BCUT2D eigenvalue weighted by Gasteiger charge is -2.17. The van der Waals surface area contributed by atoms with Crippen LogP contribution in [0.3, 0.4) is 0 Å². The molecular formula is C28H42O8. The normalized spacial score (nSPS) is 13.0. The Morgan fingerprint density at radius 3 is 1.36 bits per heavy atom. The number of aromatic carboxylic acids is 2. The molecule has 0 saturated heterocycles. The van der Waals surface area contributed by atoms with E-state index >= 15 is 0 Å². The van der Waals surface area contributed by atoms with E-state index in [0.717, 1.165) is 6.42 Å². The first-order chi connectivity index (χ1) is 17.1. The standard InChI is InChI=1S/C8H16O2.2C7H6O2.C6H14O2/c1-3-5-7(6-9)8(10)4-2;2*8-7(9)6-4-2-1-3-5-6;1-3-6(8)5(2)4-7/h3,7-10H,1,4-6H2,2H3;2*1-5H,(H,8,9);5-8H,3-4H2,1-2H3. The molecule has 0 amide bonds. The molecule has 2 aromatic rings. The fourth-order valence-corrected chi connectivity index (χ4v) is 2.59. The summed E-state index contributed by atoms with van der Waals surface area (Å²) in [5, 5.41) is 52.2. The summed E-state index contributed by atoms with van der Waals surface area (Å²) in [5.74, 6) is -1.76. The zero-order valence-electron chi connectivity index (χ0n) is 21.4. The lowest BCUT2D eigenvalue weighted by atomic mass is 9.98. The Balaban J connectivity index is 0. The molecule has 0 aliphatic carbocycles. The number of aliphatic hydroxyl groups excluding tert-OH is 4. The van der Waals surface area contributed by atoms with Gasteiger partial charge in [0.05, 0.1) is 23.3 Å². The van der Waals surface area contributed by atoms with Gasteiger partial charge in [-0.15, -0.1) is 6.58 Å². The summed E-state index contributed by atoms with van der Waals surface area (Å²) >= 11 is 0. The van der Waals surface area contributed by atoms with Gasteiger partial charge >= 0.3 is 11.9 Å². The van der Waals surface area contributed by atoms with Gasteiger partial charge in [0.15, 0.2) is 0 Å². The lowest BCUT2D eigenvalue weighted by Crippen LogP contribution is -2.22. The Bertz CT molecular complexity index is 753. The van der Waals surface area contributed by atoms with Crippen LogP contribution in [0.15, 0.2) is 73.3 Å². The van der Waals surface area contributed by atoms with E-state index < -0.39 is 11.9 Å². The molecule has 2 aromatic carbocycles. The van der Waals surface area contributed by atoms with Crippen LogP contribution in [-0.2, 0) is 0 Å². The Morgan fingerprint density at radius 1 is 0.778 bits per heavy atom. The SMILES string of the molecule is C=CCC(CO)C(O)CC.CCC(O)C(C)CO.O=C(O)c1ccccc1.O=C(O)c1ccccc1. The predicted molar refractivity (Wildman–Crippen MR) is 141 cm³/mol. The van der Waals surface area contributed by atoms with Crippen molar-refractivity contribution in [1.82, 2.24) is 0 Å². The Morgan fingerprint density at radius 2 is 1.17 bits per heavy atom. The maximum absolute atomic E-state index is 10.2. The van der Waals surface area contributed by atoms with E-state index in [2.05, 4.69) is 6.58 Å². The van der Waals surface area contributed by atoms with Gasteiger partial charge in [0.25, 0.3) is 0 Å². The molecular weight excluding hydrogens is 464 g/mol. The van der Waals surface area contributed by atoms with Gasteiger partial charge < -0.3 is 30.6 Å². The molecule has 0 fully saturated rings. The second-order valence-corrected chi connectivity index (χ2v) is 7.92. The molecule has 6 N–H and O–H groups in total. The zero-order valence-corrected chi connectivity index (χ0v) is 21.4. The molecule has 4 unspecified atom stereocenters. The minimum absolute atomic E-state index is 0.0255. The first-order valence-corrected chi connectivity index (χ1v) is 11.8. The number of allylic oxidation sites excluding steroid dienone is 1. The number of aliphatic hydroxyl groups is 4. The minimum atomic E-state index is -0.879. The number of hydrogen-bond donors (Lipinski definition) is 6. The van der Waals surface area contributed by atoms with Crippen LogP contribution in [-0.4, -0.2) is 68.0 Å². The van der Waals surface area contributed by atoms with E-state index in [0.29, 0.717) is 24.0 Å². The average Bonchev–Trinajstić information content (AvgIpc) is 2.92. The highest BCUT2D eigenvalue weighted by Gasteiger charge is 2.14. The highest BCUT2D eigenvalue weighted by Crippen LogP contribution is 2.11. The molecule has 8 heteroatoms. The van der Waals surface area contributed by atoms with Gasteiger partial charge in [-0.25, -0.2) is 9.59 Å². The highest BCUT2D eigenvalue weighted by atomic mass is 16.4. The lowest BCUT2D eigenvalue weighted by molar-refractivity contribution is 0.0659. The first kappa shape index (κ1) is 35.1. The Kier molecular flexibility index (Phi) is 21.9. The van der Waals surface area contributed by atoms with E-state index in [1.165, 1.54) is 0 Å². The zero-order chi connectivity index (χ0) is 27.9. The van der Waals surface area contributed by atoms with E-state index in [-0.39, 0.29) is 37.3 Å². The molecule has 2 rings (SSSR count). The van der Waals surface area contributed by atoms with Gasteiger partial charge in [0.2, 0.25) is 0 Å². The maximum Gasteiger partial charge on any atom is 0.335 e. The van der Waals surface area contributed by atoms with E-state index in [9.17, 15) is 14.7 Å². The number of carboxylic acid groups (broad SMARTS) is 2. The van der Waals surface area contributed by atoms with E-state index in [1.807, 2.05) is 20.8 Å². The van der Waals surface area contributed by atoms with Crippen molar-refractivity contribution in [3.05, 3.63) is 84.4 Å². The molecule has 0 aliphatic rings. The molecule has 0 bridgehead atoms. The van der Waals surface area contributed by atoms with Crippen molar-refractivity contribution in [2.24, 2.45) is 11.8 Å². The second-order valence-electron chi connectivity index (χ2n) is 7.92. The molecule has 0 radical (unpaired) electrons. The summed E-state index contributed by atoms with van der Waals surface area (Å²) in [4.78, 5) is 20.4. The molecule has 0 spiro atoms. The smallest absolute Gasteiger partial charge is 0.335 e. The monoisotopic (exact) mass is 506 g/mol. The Labute approximate surface area is 214 Å². The van der Waals surface area contributed by atoms with Crippen LogP contribution in [0.4, 0.5) is 0 Å². The molecule has 0 saturated carbocycles. The third kappa shape index (κ3) is 17.4. The fourth-order valence-electron chi connectivity index (χ4n) is 2.59. The molecule has 4 atom stereocenters. The molecule has 202 valence electrons. The van der Waals surface area contributed by atoms with Crippen molar-refractivity contribution in [2.75, 3.05) is 13.2 Å². The number of rotatable bonds is 10. The van der Waals surface area contributed by atoms with Crippen LogP contribution in [0.2, 0.25) is 0 Å². The summed E-state index contributed by atoms with van der Waals surface area (Å²) in [6.45, 7) is 9.29. The van der Waals surface area contributed by atoms with Crippen LogP contribution < -0.4 is 0 Å². The van der Waals surface area contributed by atoms with Gasteiger partial charge in [0, 0.05) is 25.0 Å². The molecule has 0 aromatic heterocycles. The van der Waals surface area contributed by atoms with Crippen molar-refractivity contribution in [2.45, 2.75) is 52.2 Å². The summed E-state index contributed by atoms with van der Waals surface area (Å²) in [5.41, 5.74) is 0.662. The van der Waals surface area contributed by atoms with Crippen molar-refractivity contribution in [3.63, 3.8) is 0 Å².